The van der Waals surface area contributed by atoms with Crippen molar-refractivity contribution < 1.29 is 42.1 Å². The SMILES string of the molecule is CCCCC/C=C\C/C=C\CCCCCCCCCCCC(=O)OC(COC(=O)CCCC)COP(=O)([O-])OCC[N+](C)(C)C. The molecule has 2 unspecified atom stereocenters. The Hall–Kier alpha value is -1.51. The van der Waals surface area contributed by atoms with Crippen LogP contribution in [0.25, 0.3) is 0 Å². The first-order valence-electron chi connectivity index (χ1n) is 17.5. The van der Waals surface area contributed by atoms with E-state index < -0.39 is 32.5 Å². The number of quaternary nitrogens is 1. The van der Waals surface area contributed by atoms with E-state index in [1.54, 1.807) is 0 Å². The monoisotopic (exact) mass is 659 g/mol. The van der Waals surface area contributed by atoms with Crippen LogP contribution in [0.2, 0.25) is 0 Å². The Balaban J connectivity index is 4.13. The van der Waals surface area contributed by atoms with Gasteiger partial charge < -0.3 is 27.9 Å². The largest absolute Gasteiger partial charge is 0.756 e. The number of hydrogen-bond acceptors (Lipinski definition) is 8. The van der Waals surface area contributed by atoms with Gasteiger partial charge in [0.1, 0.15) is 19.8 Å². The van der Waals surface area contributed by atoms with Crippen molar-refractivity contribution in [3.63, 3.8) is 0 Å². The first-order chi connectivity index (χ1) is 21.5. The predicted octanol–water partition coefficient (Wildman–Crippen LogP) is 8.21. The fourth-order valence-electron chi connectivity index (χ4n) is 4.37. The molecule has 0 amide bonds. The molecule has 0 aliphatic heterocycles. The van der Waals surface area contributed by atoms with Crippen molar-refractivity contribution in [2.45, 2.75) is 142 Å². The lowest BCUT2D eigenvalue weighted by Gasteiger charge is -2.28. The van der Waals surface area contributed by atoms with Crippen LogP contribution in [-0.4, -0.2) is 70.0 Å². The number of allylic oxidation sites excluding steroid dienone is 4. The van der Waals surface area contributed by atoms with Crippen molar-refractivity contribution in [1.82, 2.24) is 0 Å². The molecule has 0 heterocycles. The van der Waals surface area contributed by atoms with E-state index in [9.17, 15) is 19.0 Å². The van der Waals surface area contributed by atoms with Crippen molar-refractivity contribution in [2.75, 3.05) is 47.5 Å². The van der Waals surface area contributed by atoms with Crippen LogP contribution >= 0.6 is 7.82 Å². The lowest BCUT2D eigenvalue weighted by atomic mass is 10.1. The Morgan fingerprint density at radius 2 is 1.22 bits per heavy atom. The van der Waals surface area contributed by atoms with Crippen LogP contribution in [0.15, 0.2) is 24.3 Å². The number of carbonyl (C=O) groups excluding carboxylic acids is 2. The maximum absolute atomic E-state index is 12.5. The Morgan fingerprint density at radius 1 is 0.689 bits per heavy atom. The summed E-state index contributed by atoms with van der Waals surface area (Å²) in [6.07, 6.45) is 27.5. The summed E-state index contributed by atoms with van der Waals surface area (Å²) in [7, 11) is 1.15. The van der Waals surface area contributed by atoms with Gasteiger partial charge in [-0.05, 0) is 44.9 Å². The fourth-order valence-corrected chi connectivity index (χ4v) is 5.09. The summed E-state index contributed by atoms with van der Waals surface area (Å²) in [5.41, 5.74) is 0. The number of nitrogens with zero attached hydrogens (tertiary/aromatic N) is 1. The van der Waals surface area contributed by atoms with Gasteiger partial charge in [-0.3, -0.25) is 14.2 Å². The average molecular weight is 660 g/mol. The van der Waals surface area contributed by atoms with Gasteiger partial charge in [-0.1, -0.05) is 102 Å². The molecule has 0 bridgehead atoms. The maximum Gasteiger partial charge on any atom is 0.306 e. The standard InChI is InChI=1S/C35H66NO8P/c1-6-8-10-11-12-13-14-15-16-17-18-19-20-21-22-23-24-25-26-28-35(38)44-33(31-41-34(37)27-9-7-2)32-43-45(39,40)42-30-29-36(3,4)5/h12-13,15-16,33H,6-11,14,17-32H2,1-5H3/b13-12-,16-15-. The number of phosphoric acid groups is 1. The van der Waals surface area contributed by atoms with Crippen LogP contribution in [0, 0.1) is 0 Å². The molecular weight excluding hydrogens is 593 g/mol. The molecular formula is C35H66NO8P. The van der Waals surface area contributed by atoms with Gasteiger partial charge in [-0.15, -0.1) is 0 Å². The number of carbonyl (C=O) groups is 2. The van der Waals surface area contributed by atoms with Crippen LogP contribution in [0.3, 0.4) is 0 Å². The molecule has 0 aromatic rings. The van der Waals surface area contributed by atoms with Gasteiger partial charge >= 0.3 is 11.9 Å². The summed E-state index contributed by atoms with van der Waals surface area (Å²) < 4.78 is 33.2. The summed E-state index contributed by atoms with van der Waals surface area (Å²) in [6, 6.07) is 0. The molecule has 0 aromatic heterocycles. The smallest absolute Gasteiger partial charge is 0.306 e. The number of hydrogen-bond donors (Lipinski definition) is 0. The zero-order valence-electron chi connectivity index (χ0n) is 29.3. The van der Waals surface area contributed by atoms with Gasteiger partial charge in [0.25, 0.3) is 7.82 Å². The van der Waals surface area contributed by atoms with Crippen LogP contribution in [-0.2, 0) is 32.7 Å². The van der Waals surface area contributed by atoms with Gasteiger partial charge in [-0.25, -0.2) is 0 Å². The number of phosphoric ester groups is 1. The first kappa shape index (κ1) is 43.5. The number of rotatable bonds is 31. The highest BCUT2D eigenvalue weighted by Crippen LogP contribution is 2.38. The molecule has 2 atom stereocenters. The highest BCUT2D eigenvalue weighted by Gasteiger charge is 2.21. The van der Waals surface area contributed by atoms with E-state index in [0.717, 1.165) is 38.5 Å². The third-order valence-electron chi connectivity index (χ3n) is 7.22. The minimum Gasteiger partial charge on any atom is -0.756 e. The molecule has 0 saturated carbocycles. The van der Waals surface area contributed by atoms with Crippen molar-refractivity contribution in [2.24, 2.45) is 0 Å². The molecule has 45 heavy (non-hydrogen) atoms. The number of unbranched alkanes of at least 4 members (excludes halogenated alkanes) is 13. The molecule has 10 heteroatoms. The van der Waals surface area contributed by atoms with E-state index in [-0.39, 0.29) is 26.1 Å². The topological polar surface area (TPSA) is 111 Å². The summed E-state index contributed by atoms with van der Waals surface area (Å²) in [5.74, 6) is -0.882. The second kappa shape index (κ2) is 28.7. The maximum atomic E-state index is 12.5. The molecule has 0 fully saturated rings. The molecule has 0 aliphatic carbocycles. The molecule has 264 valence electrons. The zero-order chi connectivity index (χ0) is 33.7. The van der Waals surface area contributed by atoms with E-state index in [1.807, 2.05) is 28.1 Å². The minimum absolute atomic E-state index is 0.0318. The first-order valence-corrected chi connectivity index (χ1v) is 19.0. The molecule has 0 aromatic carbocycles. The fraction of sp³-hybridized carbons (Fsp3) is 0.829. The molecule has 0 spiro atoms. The van der Waals surface area contributed by atoms with Crippen molar-refractivity contribution in [1.29, 1.82) is 0 Å². The summed E-state index contributed by atoms with van der Waals surface area (Å²) in [4.78, 5) is 36.6. The Kier molecular flexibility index (Phi) is 27.7. The molecule has 0 saturated heterocycles. The number of ether oxygens (including phenoxy) is 2. The van der Waals surface area contributed by atoms with E-state index in [4.69, 9.17) is 18.5 Å². The number of likely N-dealkylation sites (N-methyl/N-ethyl adjacent to an activating group) is 1. The van der Waals surface area contributed by atoms with E-state index in [1.165, 1.54) is 57.8 Å². The Bertz CT molecular complexity index is 840. The van der Waals surface area contributed by atoms with Crippen molar-refractivity contribution in [3.8, 4) is 0 Å². The Morgan fingerprint density at radius 3 is 1.80 bits per heavy atom. The number of esters is 2. The summed E-state index contributed by atoms with van der Waals surface area (Å²) in [5, 5.41) is 0. The average Bonchev–Trinajstić information content (AvgIpc) is 2.97. The van der Waals surface area contributed by atoms with Gasteiger partial charge in [0.2, 0.25) is 0 Å². The van der Waals surface area contributed by atoms with E-state index in [0.29, 0.717) is 23.9 Å². The van der Waals surface area contributed by atoms with Gasteiger partial charge in [0.15, 0.2) is 6.10 Å². The predicted molar refractivity (Wildman–Crippen MR) is 181 cm³/mol. The third-order valence-corrected chi connectivity index (χ3v) is 8.19. The molecule has 0 N–H and O–H groups in total. The van der Waals surface area contributed by atoms with Crippen LogP contribution in [0.5, 0.6) is 0 Å². The van der Waals surface area contributed by atoms with Crippen molar-refractivity contribution in [3.05, 3.63) is 24.3 Å². The van der Waals surface area contributed by atoms with Gasteiger partial charge in [0, 0.05) is 12.8 Å². The highest BCUT2D eigenvalue weighted by molar-refractivity contribution is 7.45. The quantitative estimate of drug-likeness (QED) is 0.0241. The zero-order valence-corrected chi connectivity index (χ0v) is 30.2. The summed E-state index contributed by atoms with van der Waals surface area (Å²) in [6.45, 7) is 3.91. The lowest BCUT2D eigenvalue weighted by molar-refractivity contribution is -0.870. The summed E-state index contributed by atoms with van der Waals surface area (Å²) >= 11 is 0. The minimum atomic E-state index is -4.60. The van der Waals surface area contributed by atoms with Gasteiger partial charge in [-0.2, -0.15) is 0 Å². The molecule has 0 rings (SSSR count). The molecule has 9 nitrogen and oxygen atoms in total. The molecule has 0 aliphatic rings. The van der Waals surface area contributed by atoms with E-state index in [2.05, 4.69) is 31.2 Å². The lowest BCUT2D eigenvalue weighted by Crippen LogP contribution is -2.37. The van der Waals surface area contributed by atoms with Crippen LogP contribution < -0.4 is 4.89 Å². The Labute approximate surface area is 275 Å². The van der Waals surface area contributed by atoms with Crippen LogP contribution in [0.4, 0.5) is 0 Å². The van der Waals surface area contributed by atoms with Crippen LogP contribution in [0.1, 0.15) is 136 Å². The second-order valence-electron chi connectivity index (χ2n) is 12.9. The van der Waals surface area contributed by atoms with Crippen molar-refractivity contribution >= 4 is 19.8 Å². The second-order valence-corrected chi connectivity index (χ2v) is 14.3. The highest BCUT2D eigenvalue weighted by atomic mass is 31.2. The molecule has 0 radical (unpaired) electrons. The van der Waals surface area contributed by atoms with E-state index >= 15 is 0 Å². The normalized spacial score (nSPS) is 14.2. The van der Waals surface area contributed by atoms with Gasteiger partial charge in [0.05, 0.1) is 27.7 Å². The third kappa shape index (κ3) is 32.2.